The molecular formula is C27H19FN2O2S. The number of rotatable bonds is 2. The Bertz CT molecular complexity index is 1600. The topological polar surface area (TPSA) is 54.6 Å². The predicted octanol–water partition coefficient (Wildman–Crippen LogP) is 4.16. The number of aryl methyl sites for hydroxylation is 1. The van der Waals surface area contributed by atoms with E-state index in [1.54, 1.807) is 41.0 Å². The number of phenolic OH excluding ortho intramolecular Hbond substituents is 1. The van der Waals surface area contributed by atoms with Gasteiger partial charge in [-0.25, -0.2) is 9.38 Å². The first-order valence-electron chi connectivity index (χ1n) is 10.8. The van der Waals surface area contributed by atoms with E-state index in [2.05, 4.69) is 12.1 Å². The molecule has 0 bridgehead atoms. The highest BCUT2D eigenvalue weighted by Gasteiger charge is 2.32. The quantitative estimate of drug-likeness (QED) is 0.495. The molecule has 4 nitrogen and oxygen atoms in total. The molecule has 1 aromatic heterocycles. The molecule has 1 atom stereocenters. The Morgan fingerprint density at radius 2 is 1.76 bits per heavy atom. The summed E-state index contributed by atoms with van der Waals surface area (Å²) in [6.45, 7) is 0. The highest BCUT2D eigenvalue weighted by Crippen LogP contribution is 2.41. The Morgan fingerprint density at radius 1 is 1.00 bits per heavy atom. The van der Waals surface area contributed by atoms with Crippen molar-refractivity contribution in [3.63, 3.8) is 0 Å². The van der Waals surface area contributed by atoms with E-state index in [9.17, 15) is 14.3 Å². The van der Waals surface area contributed by atoms with Gasteiger partial charge in [0.05, 0.1) is 16.3 Å². The van der Waals surface area contributed by atoms with Crippen molar-refractivity contribution in [1.29, 1.82) is 0 Å². The second kappa shape index (κ2) is 7.67. The summed E-state index contributed by atoms with van der Waals surface area (Å²) < 4.78 is 16.0. The molecule has 1 aliphatic heterocycles. The third-order valence-electron chi connectivity index (χ3n) is 6.25. The number of aromatic nitrogens is 1. The second-order valence-corrected chi connectivity index (χ2v) is 9.27. The Labute approximate surface area is 192 Å². The Kier molecular flexibility index (Phi) is 4.62. The standard InChI is InChI=1S/C27H19FN2O2S/c28-19-10-7-18(8-11-19)25-22-14-9-17-3-1-2-4-21(17)24(22)29-27-30(25)26(32)23(33-27)15-16-5-12-20(31)13-6-16/h1-8,10-13,15,25,31H,9,14H2/b23-15+/t25-/m1/s1. The lowest BCUT2D eigenvalue weighted by molar-refractivity contribution is 0.475. The van der Waals surface area contributed by atoms with Crippen LogP contribution in [0.5, 0.6) is 5.75 Å². The Hall–Kier alpha value is -3.77. The minimum absolute atomic E-state index is 0.119. The minimum atomic E-state index is -0.327. The van der Waals surface area contributed by atoms with Crippen LogP contribution in [0.3, 0.4) is 0 Å². The fraction of sp³-hybridized carbons (Fsp3) is 0.111. The Morgan fingerprint density at radius 3 is 2.55 bits per heavy atom. The van der Waals surface area contributed by atoms with E-state index in [0.29, 0.717) is 9.33 Å². The van der Waals surface area contributed by atoms with Gasteiger partial charge in [0.2, 0.25) is 0 Å². The van der Waals surface area contributed by atoms with Crippen LogP contribution < -0.4 is 14.9 Å². The molecule has 0 radical (unpaired) electrons. The molecule has 0 amide bonds. The van der Waals surface area contributed by atoms with Gasteiger partial charge in [-0.3, -0.25) is 9.36 Å². The summed E-state index contributed by atoms with van der Waals surface area (Å²) in [5.41, 5.74) is 5.93. The highest BCUT2D eigenvalue weighted by atomic mass is 32.1. The average molecular weight is 455 g/mol. The minimum Gasteiger partial charge on any atom is -0.508 e. The average Bonchev–Trinajstić information content (AvgIpc) is 3.14. The van der Waals surface area contributed by atoms with Crippen molar-refractivity contribution in [1.82, 2.24) is 4.57 Å². The number of allylic oxidation sites excluding steroid dienone is 1. The first kappa shape index (κ1) is 19.9. The normalized spacial score (nSPS) is 17.2. The van der Waals surface area contributed by atoms with Gasteiger partial charge in [-0.2, -0.15) is 0 Å². The van der Waals surface area contributed by atoms with Crippen molar-refractivity contribution in [3.8, 4) is 5.75 Å². The maximum Gasteiger partial charge on any atom is 0.271 e. The van der Waals surface area contributed by atoms with Crippen molar-refractivity contribution < 1.29 is 9.50 Å². The molecule has 0 saturated heterocycles. The van der Waals surface area contributed by atoms with Crippen LogP contribution in [0.25, 0.3) is 11.8 Å². The van der Waals surface area contributed by atoms with Crippen molar-refractivity contribution >= 4 is 23.1 Å². The lowest BCUT2D eigenvalue weighted by atomic mass is 9.83. The molecule has 4 aromatic rings. The number of thiazole rings is 1. The van der Waals surface area contributed by atoms with Crippen LogP contribution >= 0.6 is 11.3 Å². The van der Waals surface area contributed by atoms with E-state index in [1.807, 2.05) is 18.2 Å². The Balaban J connectivity index is 1.62. The van der Waals surface area contributed by atoms with Gasteiger partial charge in [-0.1, -0.05) is 59.9 Å². The van der Waals surface area contributed by atoms with Crippen LogP contribution in [0, 0.1) is 5.82 Å². The molecular weight excluding hydrogens is 435 g/mol. The summed E-state index contributed by atoms with van der Waals surface area (Å²) in [5, 5.41) is 9.56. The largest absolute Gasteiger partial charge is 0.508 e. The van der Waals surface area contributed by atoms with Crippen LogP contribution in [-0.4, -0.2) is 9.67 Å². The van der Waals surface area contributed by atoms with Gasteiger partial charge in [-0.05, 0) is 65.4 Å². The van der Waals surface area contributed by atoms with E-state index in [-0.39, 0.29) is 23.2 Å². The number of fused-ring (bicyclic) bond motifs is 3. The van der Waals surface area contributed by atoms with Crippen LogP contribution in [0.4, 0.5) is 4.39 Å². The van der Waals surface area contributed by atoms with Gasteiger partial charge in [0.15, 0.2) is 4.80 Å². The molecule has 0 fully saturated rings. The number of benzene rings is 3. The fourth-order valence-electron chi connectivity index (χ4n) is 4.69. The SMILES string of the molecule is O=c1/c(=C\c2ccc(O)cc2)sc2n1[C@H](c1ccc(F)cc1)C1=C(N=2)c2ccccc2CC1. The number of nitrogens with zero attached hydrogens (tertiary/aromatic N) is 2. The zero-order valence-corrected chi connectivity index (χ0v) is 18.3. The summed E-state index contributed by atoms with van der Waals surface area (Å²) in [4.78, 5) is 19.2. The van der Waals surface area contributed by atoms with Crippen molar-refractivity contribution in [2.45, 2.75) is 18.9 Å². The molecule has 6 heteroatoms. The molecule has 3 aromatic carbocycles. The summed E-state index contributed by atoms with van der Waals surface area (Å²) in [6.07, 6.45) is 3.49. The maximum atomic E-state index is 13.7. The zero-order valence-electron chi connectivity index (χ0n) is 17.5. The summed E-state index contributed by atoms with van der Waals surface area (Å²) in [7, 11) is 0. The van der Waals surface area contributed by atoms with Gasteiger partial charge in [-0.15, -0.1) is 0 Å². The molecule has 0 spiro atoms. The third-order valence-corrected chi connectivity index (χ3v) is 7.23. The van der Waals surface area contributed by atoms with Gasteiger partial charge in [0.25, 0.3) is 5.56 Å². The van der Waals surface area contributed by atoms with Crippen molar-refractivity contribution in [2.75, 3.05) is 0 Å². The lowest BCUT2D eigenvalue weighted by Crippen LogP contribution is -2.38. The molecule has 6 rings (SSSR count). The van der Waals surface area contributed by atoms with Gasteiger partial charge in [0.1, 0.15) is 11.6 Å². The number of hydrogen-bond donors (Lipinski definition) is 1. The molecule has 2 aliphatic rings. The first-order chi connectivity index (χ1) is 16.1. The van der Waals surface area contributed by atoms with Crippen molar-refractivity contribution in [3.05, 3.63) is 126 Å². The molecule has 33 heavy (non-hydrogen) atoms. The third kappa shape index (κ3) is 3.34. The summed E-state index contributed by atoms with van der Waals surface area (Å²) >= 11 is 1.35. The number of phenols is 1. The number of aromatic hydroxyl groups is 1. The van der Waals surface area contributed by atoms with Crippen LogP contribution in [0.2, 0.25) is 0 Å². The summed E-state index contributed by atoms with van der Waals surface area (Å²) in [5.74, 6) is -0.127. The van der Waals surface area contributed by atoms with Crippen LogP contribution in [0.1, 0.15) is 34.7 Å². The molecule has 0 saturated carbocycles. The monoisotopic (exact) mass is 454 g/mol. The van der Waals surface area contributed by atoms with E-state index in [0.717, 1.165) is 40.8 Å². The molecule has 2 heterocycles. The fourth-order valence-corrected chi connectivity index (χ4v) is 5.69. The maximum absolute atomic E-state index is 13.7. The van der Waals surface area contributed by atoms with E-state index in [4.69, 9.17) is 4.99 Å². The first-order valence-corrected chi connectivity index (χ1v) is 11.6. The predicted molar refractivity (Wildman–Crippen MR) is 127 cm³/mol. The molecule has 1 aliphatic carbocycles. The van der Waals surface area contributed by atoms with Crippen LogP contribution in [-0.2, 0) is 6.42 Å². The zero-order chi connectivity index (χ0) is 22.5. The van der Waals surface area contributed by atoms with Crippen molar-refractivity contribution in [2.24, 2.45) is 4.99 Å². The number of hydrogen-bond acceptors (Lipinski definition) is 4. The molecule has 1 N–H and O–H groups in total. The lowest BCUT2D eigenvalue weighted by Gasteiger charge is -2.30. The molecule has 0 unspecified atom stereocenters. The van der Waals surface area contributed by atoms with E-state index in [1.165, 1.54) is 29.0 Å². The van der Waals surface area contributed by atoms with Gasteiger partial charge in [0, 0.05) is 5.56 Å². The second-order valence-electron chi connectivity index (χ2n) is 8.26. The van der Waals surface area contributed by atoms with Gasteiger partial charge < -0.3 is 5.11 Å². The number of halogens is 1. The van der Waals surface area contributed by atoms with E-state index >= 15 is 0 Å². The van der Waals surface area contributed by atoms with E-state index < -0.39 is 0 Å². The summed E-state index contributed by atoms with van der Waals surface area (Å²) in [6, 6.07) is 21.1. The van der Waals surface area contributed by atoms with Crippen LogP contribution in [0.15, 0.2) is 88.2 Å². The molecule has 162 valence electrons. The van der Waals surface area contributed by atoms with Gasteiger partial charge >= 0.3 is 0 Å². The smallest absolute Gasteiger partial charge is 0.271 e. The highest BCUT2D eigenvalue weighted by molar-refractivity contribution is 7.07.